The van der Waals surface area contributed by atoms with Gasteiger partial charge in [0.2, 0.25) is 0 Å². The van der Waals surface area contributed by atoms with Crippen molar-refractivity contribution in [1.82, 2.24) is 4.57 Å². The Kier molecular flexibility index (Phi) is 4.86. The lowest BCUT2D eigenvalue weighted by Crippen LogP contribution is -3.08. The molecule has 1 saturated heterocycles. The maximum atomic E-state index is 12.9. The van der Waals surface area contributed by atoms with Gasteiger partial charge in [-0.25, -0.2) is 4.79 Å². The normalized spacial score (nSPS) is 14.7. The Balaban J connectivity index is 1.98. The van der Waals surface area contributed by atoms with Crippen LogP contribution in [0.1, 0.15) is 35.8 Å². The zero-order valence-electron chi connectivity index (χ0n) is 15.6. The Morgan fingerprint density at radius 2 is 1.89 bits per heavy atom. The molecule has 0 saturated carbocycles. The number of hydrogen-bond acceptors (Lipinski definition) is 3. The van der Waals surface area contributed by atoms with Gasteiger partial charge < -0.3 is 19.3 Å². The molecule has 0 unspecified atom stereocenters. The number of nitrogens with one attached hydrogen (secondary N) is 1. The number of para-hydroxylation sites is 1. The SMILES string of the molecule is CCOC(=O)c1c(C[NH+]2CCCC2)n(-c2ccccc2)c2ccc(O)cc12. The average molecular weight is 365 g/mol. The largest absolute Gasteiger partial charge is 0.508 e. The molecular formula is C22H25N2O3+. The molecule has 0 spiro atoms. The van der Waals surface area contributed by atoms with Gasteiger partial charge in [0.25, 0.3) is 0 Å². The fraction of sp³-hybridized carbons (Fsp3) is 0.318. The number of carbonyl (C=O) groups excluding carboxylic acids is 1. The van der Waals surface area contributed by atoms with E-state index in [2.05, 4.69) is 4.57 Å². The van der Waals surface area contributed by atoms with Crippen molar-refractivity contribution in [2.75, 3.05) is 19.7 Å². The third-order valence-corrected chi connectivity index (χ3v) is 5.27. The van der Waals surface area contributed by atoms with Crippen LogP contribution in [0.2, 0.25) is 0 Å². The highest BCUT2D eigenvalue weighted by atomic mass is 16.5. The fourth-order valence-electron chi connectivity index (χ4n) is 4.09. The van der Waals surface area contributed by atoms with E-state index in [1.165, 1.54) is 17.7 Å². The number of aromatic hydroxyl groups is 1. The number of quaternary nitrogens is 1. The summed E-state index contributed by atoms with van der Waals surface area (Å²) in [5.74, 6) is -0.172. The molecule has 5 heteroatoms. The van der Waals surface area contributed by atoms with Gasteiger partial charge in [0.1, 0.15) is 12.3 Å². The molecule has 140 valence electrons. The third kappa shape index (κ3) is 3.30. The summed E-state index contributed by atoms with van der Waals surface area (Å²) in [4.78, 5) is 14.4. The van der Waals surface area contributed by atoms with Crippen LogP contribution in [0.15, 0.2) is 48.5 Å². The van der Waals surface area contributed by atoms with Crippen molar-refractivity contribution in [3.05, 3.63) is 59.8 Å². The number of carbonyl (C=O) groups is 1. The summed E-state index contributed by atoms with van der Waals surface area (Å²) >= 11 is 0. The van der Waals surface area contributed by atoms with Crippen molar-refractivity contribution in [1.29, 1.82) is 0 Å². The maximum absolute atomic E-state index is 12.9. The van der Waals surface area contributed by atoms with E-state index in [4.69, 9.17) is 4.74 Å². The first-order valence-electron chi connectivity index (χ1n) is 9.61. The summed E-state index contributed by atoms with van der Waals surface area (Å²) in [5.41, 5.74) is 3.45. The lowest BCUT2D eigenvalue weighted by molar-refractivity contribution is -0.901. The van der Waals surface area contributed by atoms with Gasteiger partial charge in [-0.05, 0) is 37.3 Å². The molecule has 0 bridgehead atoms. The molecule has 2 aromatic carbocycles. The summed E-state index contributed by atoms with van der Waals surface area (Å²) in [6, 6.07) is 15.3. The minimum absolute atomic E-state index is 0.151. The van der Waals surface area contributed by atoms with Crippen molar-refractivity contribution >= 4 is 16.9 Å². The number of benzene rings is 2. The van der Waals surface area contributed by atoms with Crippen molar-refractivity contribution in [3.63, 3.8) is 0 Å². The Labute approximate surface area is 158 Å². The first-order chi connectivity index (χ1) is 13.2. The first-order valence-corrected chi connectivity index (χ1v) is 9.61. The number of hydrogen-bond donors (Lipinski definition) is 2. The first kappa shape index (κ1) is 17.6. The van der Waals surface area contributed by atoms with E-state index >= 15 is 0 Å². The van der Waals surface area contributed by atoms with Crippen LogP contribution in [-0.4, -0.2) is 35.3 Å². The van der Waals surface area contributed by atoms with E-state index in [0.717, 1.165) is 41.9 Å². The molecule has 3 aromatic rings. The standard InChI is InChI=1S/C22H24N2O3/c1-2-27-22(26)21-18-14-17(25)10-11-19(18)24(16-8-4-3-5-9-16)20(21)15-23-12-6-7-13-23/h3-5,8-11,14,25H,2,6-7,12-13,15H2,1H3/p+1. The topological polar surface area (TPSA) is 55.9 Å². The molecule has 2 N–H and O–H groups in total. The quantitative estimate of drug-likeness (QED) is 0.684. The molecule has 1 aliphatic rings. The Hall–Kier alpha value is -2.79. The lowest BCUT2D eigenvalue weighted by Gasteiger charge is -2.16. The molecule has 2 heterocycles. The van der Waals surface area contributed by atoms with Gasteiger partial charge in [-0.3, -0.25) is 0 Å². The van der Waals surface area contributed by atoms with E-state index in [9.17, 15) is 9.90 Å². The summed E-state index contributed by atoms with van der Waals surface area (Å²) < 4.78 is 7.53. The highest BCUT2D eigenvalue weighted by Gasteiger charge is 2.28. The number of ether oxygens (including phenoxy) is 1. The molecule has 0 aliphatic carbocycles. The second-order valence-corrected chi connectivity index (χ2v) is 7.05. The zero-order valence-corrected chi connectivity index (χ0v) is 15.6. The lowest BCUT2D eigenvalue weighted by atomic mass is 10.1. The van der Waals surface area contributed by atoms with Crippen LogP contribution in [0.25, 0.3) is 16.6 Å². The fourth-order valence-corrected chi connectivity index (χ4v) is 4.09. The number of nitrogens with zero attached hydrogens (tertiary/aromatic N) is 1. The van der Waals surface area contributed by atoms with Gasteiger partial charge in [-0.15, -0.1) is 0 Å². The van der Waals surface area contributed by atoms with Crippen molar-refractivity contribution in [2.24, 2.45) is 0 Å². The number of phenolic OH excluding ortho intramolecular Hbond substituents is 1. The summed E-state index contributed by atoms with van der Waals surface area (Å²) in [7, 11) is 0. The number of rotatable bonds is 5. The molecule has 0 atom stereocenters. The molecule has 4 rings (SSSR count). The van der Waals surface area contributed by atoms with Crippen LogP contribution in [0.4, 0.5) is 0 Å². The highest BCUT2D eigenvalue weighted by Crippen LogP contribution is 2.32. The third-order valence-electron chi connectivity index (χ3n) is 5.27. The predicted octanol–water partition coefficient (Wildman–Crippen LogP) is 2.69. The van der Waals surface area contributed by atoms with Gasteiger partial charge in [-0.1, -0.05) is 18.2 Å². The highest BCUT2D eigenvalue weighted by molar-refractivity contribution is 6.07. The Bertz CT molecular complexity index is 957. The molecule has 0 amide bonds. The van der Waals surface area contributed by atoms with E-state index in [0.29, 0.717) is 12.2 Å². The maximum Gasteiger partial charge on any atom is 0.340 e. The monoisotopic (exact) mass is 365 g/mol. The second kappa shape index (κ2) is 7.45. The van der Waals surface area contributed by atoms with Crippen molar-refractivity contribution in [3.8, 4) is 11.4 Å². The predicted molar refractivity (Wildman–Crippen MR) is 105 cm³/mol. The Morgan fingerprint density at radius 1 is 1.15 bits per heavy atom. The number of fused-ring (bicyclic) bond motifs is 1. The van der Waals surface area contributed by atoms with Crippen LogP contribution in [0.3, 0.4) is 0 Å². The molecule has 5 nitrogen and oxygen atoms in total. The van der Waals surface area contributed by atoms with E-state index in [1.54, 1.807) is 12.1 Å². The summed E-state index contributed by atoms with van der Waals surface area (Å²) in [5, 5.41) is 10.8. The second-order valence-electron chi connectivity index (χ2n) is 7.05. The van der Waals surface area contributed by atoms with Crippen LogP contribution in [-0.2, 0) is 11.3 Å². The molecule has 1 fully saturated rings. The van der Waals surface area contributed by atoms with Crippen molar-refractivity contribution in [2.45, 2.75) is 26.3 Å². The number of esters is 1. The van der Waals surface area contributed by atoms with E-state index in [-0.39, 0.29) is 11.7 Å². The van der Waals surface area contributed by atoms with Gasteiger partial charge in [-0.2, -0.15) is 0 Å². The Morgan fingerprint density at radius 3 is 2.59 bits per heavy atom. The van der Waals surface area contributed by atoms with Crippen LogP contribution in [0.5, 0.6) is 5.75 Å². The molecule has 1 aliphatic heterocycles. The van der Waals surface area contributed by atoms with Crippen LogP contribution >= 0.6 is 0 Å². The smallest absolute Gasteiger partial charge is 0.340 e. The zero-order chi connectivity index (χ0) is 18.8. The van der Waals surface area contributed by atoms with Crippen LogP contribution < -0.4 is 4.90 Å². The average Bonchev–Trinajstić information content (AvgIpc) is 3.28. The molecular weight excluding hydrogens is 340 g/mol. The van der Waals surface area contributed by atoms with Gasteiger partial charge >= 0.3 is 5.97 Å². The number of aromatic nitrogens is 1. The molecule has 0 radical (unpaired) electrons. The summed E-state index contributed by atoms with van der Waals surface area (Å²) in [6.07, 6.45) is 2.44. The molecule has 1 aromatic heterocycles. The van der Waals surface area contributed by atoms with E-state index < -0.39 is 0 Å². The van der Waals surface area contributed by atoms with Crippen molar-refractivity contribution < 1.29 is 19.5 Å². The van der Waals surface area contributed by atoms with E-state index in [1.807, 2.05) is 43.3 Å². The minimum atomic E-state index is -0.323. The van der Waals surface area contributed by atoms with Gasteiger partial charge in [0.15, 0.2) is 0 Å². The van der Waals surface area contributed by atoms with Gasteiger partial charge in [0.05, 0.1) is 36.5 Å². The number of phenols is 1. The van der Waals surface area contributed by atoms with Gasteiger partial charge in [0, 0.05) is 23.9 Å². The summed E-state index contributed by atoms with van der Waals surface area (Å²) in [6.45, 7) is 5.13. The number of likely N-dealkylation sites (tertiary alicyclic amines) is 1. The molecule has 27 heavy (non-hydrogen) atoms. The minimum Gasteiger partial charge on any atom is -0.508 e. The van der Waals surface area contributed by atoms with Crippen LogP contribution in [0, 0.1) is 0 Å².